The van der Waals surface area contributed by atoms with Crippen molar-refractivity contribution < 1.29 is 5.11 Å². The number of nitrogens with one attached hydrogen (secondary N) is 1. The topological polar surface area (TPSA) is 79.1 Å². The molecule has 2 N–H and O–H groups in total. The average Bonchev–Trinajstić information content (AvgIpc) is 3.36. The molecule has 7 nitrogen and oxygen atoms in total. The monoisotopic (exact) mass is 472 g/mol. The Hall–Kier alpha value is -2.19. The molecule has 30 heavy (non-hydrogen) atoms. The molecule has 1 unspecified atom stereocenters. The maximum atomic E-state index is 9.95. The number of aliphatic hydroxyl groups is 1. The molecule has 0 aromatic heterocycles. The van der Waals surface area contributed by atoms with Crippen LogP contribution in [0.25, 0.3) is 11.4 Å². The summed E-state index contributed by atoms with van der Waals surface area (Å²) in [5.41, 5.74) is 3.71. The van der Waals surface area contributed by atoms with E-state index >= 15 is 0 Å². The molecule has 3 aliphatic rings. The van der Waals surface area contributed by atoms with E-state index in [1.54, 1.807) is 0 Å². The third kappa shape index (κ3) is 3.78. The Morgan fingerprint density at radius 2 is 1.90 bits per heavy atom. The molecule has 0 bridgehead atoms. The molecule has 0 aliphatic carbocycles. The lowest BCUT2D eigenvalue weighted by atomic mass is 10.1. The summed E-state index contributed by atoms with van der Waals surface area (Å²) >= 11 is 3.49. The SMILES string of the molecule is CC(C)c1nnc2c(Nc3ccc(Br)cc3)nc(N3CCCC3CO)n(C(C)C)c1-2. The van der Waals surface area contributed by atoms with Crippen LogP contribution in [-0.2, 0) is 0 Å². The summed E-state index contributed by atoms with van der Waals surface area (Å²) < 4.78 is 3.27. The first-order valence-corrected chi connectivity index (χ1v) is 11.4. The van der Waals surface area contributed by atoms with Gasteiger partial charge >= 0.3 is 0 Å². The summed E-state index contributed by atoms with van der Waals surface area (Å²) in [6.45, 7) is 9.61. The van der Waals surface area contributed by atoms with E-state index in [2.05, 4.69) is 68.6 Å². The predicted molar refractivity (Wildman–Crippen MR) is 124 cm³/mol. The second-order valence-corrected chi connectivity index (χ2v) is 9.38. The van der Waals surface area contributed by atoms with Crippen LogP contribution in [0.15, 0.2) is 28.7 Å². The molecule has 0 amide bonds. The molecule has 1 aromatic carbocycles. The van der Waals surface area contributed by atoms with Gasteiger partial charge in [-0.05, 0) is 56.9 Å². The van der Waals surface area contributed by atoms with Crippen LogP contribution in [0.1, 0.15) is 58.2 Å². The molecule has 1 atom stereocenters. The van der Waals surface area contributed by atoms with Gasteiger partial charge in [-0.1, -0.05) is 29.8 Å². The molecule has 1 saturated heterocycles. The number of aliphatic hydroxyl groups excluding tert-OH is 1. The molecule has 0 spiro atoms. The summed E-state index contributed by atoms with van der Waals surface area (Å²) in [5, 5.41) is 22.5. The molecule has 3 aliphatic heterocycles. The zero-order valence-corrected chi connectivity index (χ0v) is 19.5. The molecule has 1 fully saturated rings. The molecule has 0 saturated carbocycles. The summed E-state index contributed by atoms with van der Waals surface area (Å²) in [5.74, 6) is 1.80. The van der Waals surface area contributed by atoms with E-state index in [1.165, 1.54) is 0 Å². The minimum absolute atomic E-state index is 0.0823. The second kappa shape index (κ2) is 8.51. The van der Waals surface area contributed by atoms with E-state index in [4.69, 9.17) is 4.98 Å². The predicted octanol–water partition coefficient (Wildman–Crippen LogP) is 4.95. The highest BCUT2D eigenvalue weighted by molar-refractivity contribution is 9.10. The van der Waals surface area contributed by atoms with Crippen molar-refractivity contribution in [2.24, 2.45) is 0 Å². The first-order valence-electron chi connectivity index (χ1n) is 10.6. The van der Waals surface area contributed by atoms with Gasteiger partial charge in [-0.2, -0.15) is 10.1 Å². The third-order valence-corrected chi connectivity index (χ3v) is 6.16. The first-order chi connectivity index (χ1) is 14.4. The highest BCUT2D eigenvalue weighted by Gasteiger charge is 2.33. The number of benzene rings is 1. The van der Waals surface area contributed by atoms with Crippen molar-refractivity contribution in [3.05, 3.63) is 34.4 Å². The number of nitrogens with zero attached hydrogens (tertiary/aromatic N) is 5. The lowest BCUT2D eigenvalue weighted by molar-refractivity contribution is 0.264. The van der Waals surface area contributed by atoms with Gasteiger partial charge in [0.15, 0.2) is 11.5 Å². The van der Waals surface area contributed by atoms with Gasteiger partial charge in [0.1, 0.15) is 0 Å². The Balaban J connectivity index is 1.92. The summed E-state index contributed by atoms with van der Waals surface area (Å²) in [4.78, 5) is 7.28. The van der Waals surface area contributed by atoms with Crippen LogP contribution in [0.4, 0.5) is 17.5 Å². The summed E-state index contributed by atoms with van der Waals surface area (Å²) in [6.07, 6.45) is 2.02. The fraction of sp³-hybridized carbons (Fsp3) is 0.500. The Bertz CT molecular complexity index is 984. The van der Waals surface area contributed by atoms with Crippen molar-refractivity contribution in [2.45, 2.75) is 58.5 Å². The molecular weight excluding hydrogens is 444 g/mol. The van der Waals surface area contributed by atoms with E-state index in [0.29, 0.717) is 5.82 Å². The molecular formula is C22H29BrN6O. The van der Waals surface area contributed by atoms with Crippen LogP contribution >= 0.6 is 15.9 Å². The number of fused-ring (bicyclic) bond motifs is 1. The summed E-state index contributed by atoms with van der Waals surface area (Å²) in [6, 6.07) is 8.27. The van der Waals surface area contributed by atoms with Crippen LogP contribution in [0.2, 0.25) is 0 Å². The van der Waals surface area contributed by atoms with Gasteiger partial charge in [0.25, 0.3) is 0 Å². The van der Waals surface area contributed by atoms with Crippen molar-refractivity contribution in [3.8, 4) is 11.4 Å². The van der Waals surface area contributed by atoms with Gasteiger partial charge in [-0.25, -0.2) is 0 Å². The van der Waals surface area contributed by atoms with Gasteiger partial charge in [0.2, 0.25) is 5.95 Å². The summed E-state index contributed by atoms with van der Waals surface area (Å²) in [7, 11) is 0. The maximum Gasteiger partial charge on any atom is 0.208 e. The molecule has 4 rings (SSSR count). The normalized spacial score (nSPS) is 16.9. The Labute approximate surface area is 186 Å². The van der Waals surface area contributed by atoms with E-state index in [0.717, 1.165) is 52.6 Å². The van der Waals surface area contributed by atoms with E-state index in [9.17, 15) is 5.11 Å². The minimum atomic E-state index is 0.0823. The number of anilines is 3. The lowest BCUT2D eigenvalue weighted by Gasteiger charge is -2.31. The van der Waals surface area contributed by atoms with Crippen molar-refractivity contribution in [1.29, 1.82) is 0 Å². The number of aromatic nitrogens is 4. The van der Waals surface area contributed by atoms with Gasteiger partial charge in [0, 0.05) is 22.7 Å². The van der Waals surface area contributed by atoms with Crippen LogP contribution in [0, 0.1) is 0 Å². The van der Waals surface area contributed by atoms with E-state index < -0.39 is 0 Å². The molecule has 3 heterocycles. The first kappa shape index (κ1) is 21.1. The fourth-order valence-corrected chi connectivity index (χ4v) is 4.41. The van der Waals surface area contributed by atoms with Crippen LogP contribution in [0.5, 0.6) is 0 Å². The van der Waals surface area contributed by atoms with E-state index in [1.807, 2.05) is 24.3 Å². The van der Waals surface area contributed by atoms with Crippen molar-refractivity contribution in [1.82, 2.24) is 19.7 Å². The Kier molecular flexibility index (Phi) is 5.97. The Morgan fingerprint density at radius 3 is 2.53 bits per heavy atom. The zero-order valence-electron chi connectivity index (χ0n) is 17.9. The van der Waals surface area contributed by atoms with Crippen LogP contribution in [-0.4, -0.2) is 44.0 Å². The lowest BCUT2D eigenvalue weighted by Crippen LogP contribution is -2.36. The van der Waals surface area contributed by atoms with Gasteiger partial charge in [-0.15, -0.1) is 5.10 Å². The maximum absolute atomic E-state index is 9.95. The number of halogens is 1. The largest absolute Gasteiger partial charge is 0.394 e. The smallest absolute Gasteiger partial charge is 0.208 e. The highest BCUT2D eigenvalue weighted by atomic mass is 79.9. The molecule has 1 aromatic rings. The minimum Gasteiger partial charge on any atom is -0.394 e. The molecule has 8 heteroatoms. The standard InChI is InChI=1S/C22H29BrN6O/c1-13(2)18-20-19(27-26-18)21(24-16-9-7-15(23)8-10-16)25-22(29(20)14(3)4)28-11-5-6-17(28)12-30/h7-10,13-14,17,24,30H,5-6,11-12H2,1-4H3. The van der Waals surface area contributed by atoms with Crippen LogP contribution < -0.4 is 10.2 Å². The molecule has 160 valence electrons. The van der Waals surface area contributed by atoms with Crippen molar-refractivity contribution >= 4 is 33.4 Å². The van der Waals surface area contributed by atoms with Crippen molar-refractivity contribution in [2.75, 3.05) is 23.4 Å². The zero-order chi connectivity index (χ0) is 21.4. The van der Waals surface area contributed by atoms with Crippen molar-refractivity contribution in [3.63, 3.8) is 0 Å². The van der Waals surface area contributed by atoms with Gasteiger partial charge < -0.3 is 19.9 Å². The molecule has 0 radical (unpaired) electrons. The van der Waals surface area contributed by atoms with Gasteiger partial charge in [0.05, 0.1) is 24.0 Å². The van der Waals surface area contributed by atoms with Gasteiger partial charge in [-0.3, -0.25) is 0 Å². The fourth-order valence-electron chi connectivity index (χ4n) is 4.15. The number of hydrogen-bond donors (Lipinski definition) is 2. The number of rotatable bonds is 6. The second-order valence-electron chi connectivity index (χ2n) is 8.47. The average molecular weight is 473 g/mol. The Morgan fingerprint density at radius 1 is 1.17 bits per heavy atom. The van der Waals surface area contributed by atoms with Crippen LogP contribution in [0.3, 0.4) is 0 Å². The third-order valence-electron chi connectivity index (χ3n) is 5.63. The van der Waals surface area contributed by atoms with E-state index in [-0.39, 0.29) is 24.6 Å². The highest BCUT2D eigenvalue weighted by Crippen LogP contribution is 2.40. The quantitative estimate of drug-likeness (QED) is 0.528. The number of hydrogen-bond acceptors (Lipinski definition) is 6.